The molecule has 0 saturated carbocycles. The zero-order chi connectivity index (χ0) is 16.6. The standard InChI is InChI=1S/C12H19IN2O7/c1-4(2)21-10-6(13)9(19)14-12(20)15(10)11-8(18)7(17)5(3-16)22-11/h4-8,10-11,16-18H,3H2,1-2H3,(H,14,19,20)/t5-,6?,7-,8-,10?,11-/m1/s1. The molecule has 0 radical (unpaired) electrons. The quantitative estimate of drug-likeness (QED) is 0.317. The number of ether oxygens (including phenoxy) is 2. The summed E-state index contributed by atoms with van der Waals surface area (Å²) in [5.74, 6) is -0.501. The lowest BCUT2D eigenvalue weighted by Crippen LogP contribution is -2.66. The molecule has 2 heterocycles. The Hall–Kier alpha value is -0.530. The molecule has 3 amide bonds. The molecule has 22 heavy (non-hydrogen) atoms. The number of imide groups is 1. The molecule has 0 spiro atoms. The second kappa shape index (κ2) is 6.93. The number of urea groups is 1. The van der Waals surface area contributed by atoms with Gasteiger partial charge in [0.05, 0.1) is 12.7 Å². The summed E-state index contributed by atoms with van der Waals surface area (Å²) in [5.41, 5.74) is 0. The van der Waals surface area contributed by atoms with Crippen molar-refractivity contribution in [1.82, 2.24) is 10.2 Å². The molecular formula is C12H19IN2O7. The van der Waals surface area contributed by atoms with E-state index in [2.05, 4.69) is 5.32 Å². The number of hydrogen-bond donors (Lipinski definition) is 4. The van der Waals surface area contributed by atoms with Crippen molar-refractivity contribution in [3.63, 3.8) is 0 Å². The zero-order valence-corrected chi connectivity index (χ0v) is 14.2. The Balaban J connectivity index is 2.28. The predicted octanol–water partition coefficient (Wildman–Crippen LogP) is -1.47. The summed E-state index contributed by atoms with van der Waals surface area (Å²) in [6.07, 6.45) is -6.23. The van der Waals surface area contributed by atoms with E-state index in [1.165, 1.54) is 0 Å². The van der Waals surface area contributed by atoms with Gasteiger partial charge in [-0.1, -0.05) is 22.6 Å². The summed E-state index contributed by atoms with van der Waals surface area (Å²) in [7, 11) is 0. The van der Waals surface area contributed by atoms with Crippen molar-refractivity contribution < 1.29 is 34.4 Å². The van der Waals surface area contributed by atoms with Crippen LogP contribution in [0.4, 0.5) is 4.79 Å². The summed E-state index contributed by atoms with van der Waals surface area (Å²) in [4.78, 5) is 25.0. The topological polar surface area (TPSA) is 129 Å². The van der Waals surface area contributed by atoms with E-state index in [9.17, 15) is 19.8 Å². The molecule has 4 N–H and O–H groups in total. The second-order valence-electron chi connectivity index (χ2n) is 5.41. The molecule has 10 heteroatoms. The van der Waals surface area contributed by atoms with E-state index in [0.29, 0.717) is 0 Å². The fraction of sp³-hybridized carbons (Fsp3) is 0.833. The molecule has 2 aliphatic heterocycles. The minimum atomic E-state index is -1.42. The SMILES string of the molecule is CC(C)OC1C(I)C(=O)NC(=O)N1[C@@H]1O[C@H](CO)[C@@H](O)[C@H]1O. The van der Waals surface area contributed by atoms with Crippen LogP contribution in [0, 0.1) is 0 Å². The van der Waals surface area contributed by atoms with Crippen molar-refractivity contribution in [2.75, 3.05) is 6.61 Å². The first-order valence-electron chi connectivity index (χ1n) is 6.83. The Morgan fingerprint density at radius 1 is 1.36 bits per heavy atom. The van der Waals surface area contributed by atoms with Crippen LogP contribution in [0.3, 0.4) is 0 Å². The zero-order valence-electron chi connectivity index (χ0n) is 12.0. The van der Waals surface area contributed by atoms with Gasteiger partial charge in [-0.15, -0.1) is 0 Å². The van der Waals surface area contributed by atoms with Gasteiger partial charge >= 0.3 is 6.03 Å². The molecule has 2 aliphatic rings. The average Bonchev–Trinajstić information content (AvgIpc) is 2.72. The number of hydrogen-bond acceptors (Lipinski definition) is 7. The van der Waals surface area contributed by atoms with Gasteiger partial charge in [0.2, 0.25) is 5.91 Å². The van der Waals surface area contributed by atoms with Crippen molar-refractivity contribution in [3.8, 4) is 0 Å². The maximum atomic E-state index is 12.2. The van der Waals surface area contributed by atoms with E-state index < -0.39 is 53.2 Å². The van der Waals surface area contributed by atoms with Crippen LogP contribution in [-0.2, 0) is 14.3 Å². The predicted molar refractivity (Wildman–Crippen MR) is 81.0 cm³/mol. The maximum Gasteiger partial charge on any atom is 0.328 e. The first-order valence-corrected chi connectivity index (χ1v) is 8.07. The molecule has 2 saturated heterocycles. The number of halogens is 1. The third-order valence-corrected chi connectivity index (χ3v) is 4.62. The molecule has 2 fully saturated rings. The number of nitrogens with one attached hydrogen (secondary N) is 1. The summed E-state index contributed by atoms with van der Waals surface area (Å²) in [5, 5.41) is 31.2. The van der Waals surface area contributed by atoms with Crippen LogP contribution in [0.5, 0.6) is 0 Å². The van der Waals surface area contributed by atoms with E-state index in [1.807, 2.05) is 22.6 Å². The lowest BCUT2D eigenvalue weighted by atomic mass is 10.1. The highest BCUT2D eigenvalue weighted by Gasteiger charge is 2.53. The smallest absolute Gasteiger partial charge is 0.328 e. The number of nitrogens with zero attached hydrogens (tertiary/aromatic N) is 1. The number of carbonyl (C=O) groups is 2. The first-order chi connectivity index (χ1) is 10.3. The van der Waals surface area contributed by atoms with Gasteiger partial charge in [0.1, 0.15) is 22.2 Å². The third kappa shape index (κ3) is 3.21. The van der Waals surface area contributed by atoms with E-state index >= 15 is 0 Å². The molecule has 126 valence electrons. The van der Waals surface area contributed by atoms with E-state index in [0.717, 1.165) is 4.90 Å². The van der Waals surface area contributed by atoms with Gasteiger partial charge in [-0.2, -0.15) is 0 Å². The highest BCUT2D eigenvalue weighted by molar-refractivity contribution is 14.1. The van der Waals surface area contributed by atoms with Gasteiger partial charge in [-0.3, -0.25) is 15.0 Å². The van der Waals surface area contributed by atoms with Gasteiger partial charge in [0.25, 0.3) is 0 Å². The molecule has 6 atom stereocenters. The number of aliphatic hydroxyl groups is 3. The van der Waals surface area contributed by atoms with Crippen LogP contribution in [-0.4, -0.2) is 79.6 Å². The molecule has 9 nitrogen and oxygen atoms in total. The van der Waals surface area contributed by atoms with E-state index in [1.54, 1.807) is 13.8 Å². The molecule has 0 aromatic carbocycles. The van der Waals surface area contributed by atoms with E-state index in [4.69, 9.17) is 14.6 Å². The maximum absolute atomic E-state index is 12.2. The normalized spacial score (nSPS) is 39.5. The van der Waals surface area contributed by atoms with Crippen molar-refractivity contribution in [3.05, 3.63) is 0 Å². The Bertz CT molecular complexity index is 449. The van der Waals surface area contributed by atoms with E-state index in [-0.39, 0.29) is 6.10 Å². The summed E-state index contributed by atoms with van der Waals surface area (Å²) >= 11 is 1.84. The van der Waals surface area contributed by atoms with Gasteiger partial charge in [0, 0.05) is 0 Å². The number of rotatable bonds is 4. The molecule has 2 rings (SSSR count). The van der Waals surface area contributed by atoms with Gasteiger partial charge in [-0.25, -0.2) is 4.79 Å². The third-order valence-electron chi connectivity index (χ3n) is 3.44. The van der Waals surface area contributed by atoms with Crippen LogP contribution in [0.15, 0.2) is 0 Å². The molecule has 0 bridgehead atoms. The Morgan fingerprint density at radius 2 is 2.00 bits per heavy atom. The lowest BCUT2D eigenvalue weighted by molar-refractivity contribution is -0.168. The number of aliphatic hydroxyl groups excluding tert-OH is 3. The monoisotopic (exact) mass is 430 g/mol. The van der Waals surface area contributed by atoms with Crippen LogP contribution in [0.2, 0.25) is 0 Å². The van der Waals surface area contributed by atoms with Crippen molar-refractivity contribution in [2.45, 2.75) is 54.6 Å². The van der Waals surface area contributed by atoms with Crippen molar-refractivity contribution >= 4 is 34.5 Å². The van der Waals surface area contributed by atoms with Crippen LogP contribution in [0.1, 0.15) is 13.8 Å². The highest BCUT2D eigenvalue weighted by Crippen LogP contribution is 2.30. The molecule has 0 aromatic rings. The van der Waals surface area contributed by atoms with Crippen molar-refractivity contribution in [2.24, 2.45) is 0 Å². The van der Waals surface area contributed by atoms with Crippen LogP contribution < -0.4 is 5.32 Å². The van der Waals surface area contributed by atoms with Gasteiger partial charge < -0.3 is 24.8 Å². The average molecular weight is 430 g/mol. The summed E-state index contributed by atoms with van der Waals surface area (Å²) in [6, 6.07) is -0.779. The number of amides is 3. The largest absolute Gasteiger partial charge is 0.394 e. The Morgan fingerprint density at radius 3 is 2.50 bits per heavy atom. The summed E-state index contributed by atoms with van der Waals surface area (Å²) < 4.78 is 10.3. The number of alkyl halides is 1. The molecule has 0 aromatic heterocycles. The second-order valence-corrected chi connectivity index (χ2v) is 6.75. The fourth-order valence-corrected chi connectivity index (χ4v) is 3.08. The van der Waals surface area contributed by atoms with Crippen molar-refractivity contribution in [1.29, 1.82) is 0 Å². The minimum absolute atomic E-state index is 0.277. The first kappa shape index (κ1) is 17.8. The Kier molecular flexibility index (Phi) is 5.61. The van der Waals surface area contributed by atoms with Crippen LogP contribution >= 0.6 is 22.6 Å². The number of carbonyl (C=O) groups excluding carboxylic acids is 2. The van der Waals surface area contributed by atoms with Gasteiger partial charge in [0.15, 0.2) is 12.5 Å². The minimum Gasteiger partial charge on any atom is -0.394 e. The van der Waals surface area contributed by atoms with Gasteiger partial charge in [-0.05, 0) is 13.8 Å². The molecule has 2 unspecified atom stereocenters. The Labute approximate surface area is 140 Å². The molecular weight excluding hydrogens is 411 g/mol. The summed E-state index contributed by atoms with van der Waals surface area (Å²) in [6.45, 7) is 2.98. The fourth-order valence-electron chi connectivity index (χ4n) is 2.41. The lowest BCUT2D eigenvalue weighted by Gasteiger charge is -2.42. The molecule has 0 aliphatic carbocycles. The van der Waals surface area contributed by atoms with Crippen LogP contribution in [0.25, 0.3) is 0 Å². The highest BCUT2D eigenvalue weighted by atomic mass is 127.